The molecular formula is C18H22N2O4. The predicted molar refractivity (Wildman–Crippen MR) is 89.2 cm³/mol. The van der Waals surface area contributed by atoms with Crippen molar-refractivity contribution in [1.82, 2.24) is 4.90 Å². The molecule has 128 valence electrons. The summed E-state index contributed by atoms with van der Waals surface area (Å²) in [5.41, 5.74) is 5.92. The first kappa shape index (κ1) is 16.5. The molecule has 2 aliphatic heterocycles. The van der Waals surface area contributed by atoms with Gasteiger partial charge in [-0.15, -0.1) is 0 Å². The highest BCUT2D eigenvalue weighted by atomic mass is 16.5. The van der Waals surface area contributed by atoms with E-state index < -0.39 is 5.91 Å². The number of rotatable bonds is 6. The first-order chi connectivity index (χ1) is 11.6. The second-order valence-electron chi connectivity index (χ2n) is 6.28. The van der Waals surface area contributed by atoms with Crippen molar-refractivity contribution in [1.29, 1.82) is 0 Å². The quantitative estimate of drug-likeness (QED) is 0.791. The van der Waals surface area contributed by atoms with E-state index in [1.54, 1.807) is 24.3 Å². The van der Waals surface area contributed by atoms with Crippen LogP contribution < -0.4 is 10.5 Å². The van der Waals surface area contributed by atoms with Gasteiger partial charge < -0.3 is 20.1 Å². The van der Waals surface area contributed by atoms with Crippen molar-refractivity contribution >= 4 is 17.9 Å². The first-order valence-electron chi connectivity index (χ1n) is 8.18. The number of primary amides is 1. The lowest BCUT2D eigenvalue weighted by Gasteiger charge is -2.41. The Hall–Kier alpha value is -2.34. The Morgan fingerprint density at radius 3 is 2.62 bits per heavy atom. The Bertz CT molecular complexity index is 614. The summed E-state index contributed by atoms with van der Waals surface area (Å²) in [6.45, 7) is 3.21. The van der Waals surface area contributed by atoms with E-state index in [1.165, 1.54) is 0 Å². The fourth-order valence-electron chi connectivity index (χ4n) is 3.02. The molecule has 2 amide bonds. The van der Waals surface area contributed by atoms with Crippen LogP contribution in [0.1, 0.15) is 12.0 Å². The highest BCUT2D eigenvalue weighted by molar-refractivity contribution is 5.92. The number of amides is 2. The number of ether oxygens (including phenoxy) is 2. The molecule has 1 atom stereocenters. The van der Waals surface area contributed by atoms with Gasteiger partial charge in [0.2, 0.25) is 5.91 Å². The van der Waals surface area contributed by atoms with E-state index >= 15 is 0 Å². The minimum atomic E-state index is -0.512. The number of hydrogen-bond acceptors (Lipinski definition) is 4. The molecule has 1 unspecified atom stereocenters. The van der Waals surface area contributed by atoms with Crippen molar-refractivity contribution in [2.24, 2.45) is 17.6 Å². The van der Waals surface area contributed by atoms with Crippen LogP contribution in [-0.4, -0.2) is 49.6 Å². The van der Waals surface area contributed by atoms with Crippen molar-refractivity contribution < 1.29 is 19.1 Å². The first-order valence-corrected chi connectivity index (χ1v) is 8.18. The molecular weight excluding hydrogens is 308 g/mol. The summed E-state index contributed by atoms with van der Waals surface area (Å²) >= 11 is 0. The van der Waals surface area contributed by atoms with E-state index in [9.17, 15) is 9.59 Å². The number of hydrogen-bond donors (Lipinski definition) is 1. The van der Waals surface area contributed by atoms with Gasteiger partial charge in [0.1, 0.15) is 5.75 Å². The summed E-state index contributed by atoms with van der Waals surface area (Å²) in [6, 6.07) is 7.14. The third kappa shape index (κ3) is 4.14. The van der Waals surface area contributed by atoms with Gasteiger partial charge in [-0.1, -0.05) is 12.1 Å². The second kappa shape index (κ2) is 7.49. The summed E-state index contributed by atoms with van der Waals surface area (Å²) in [4.78, 5) is 24.7. The molecule has 2 saturated heterocycles. The number of nitrogens with two attached hydrogens (primary N) is 1. The number of benzene rings is 1. The molecule has 1 aromatic rings. The van der Waals surface area contributed by atoms with E-state index in [1.807, 2.05) is 17.0 Å². The van der Waals surface area contributed by atoms with Gasteiger partial charge >= 0.3 is 0 Å². The van der Waals surface area contributed by atoms with Crippen molar-refractivity contribution in [3.05, 3.63) is 35.9 Å². The fourth-order valence-corrected chi connectivity index (χ4v) is 3.02. The maximum absolute atomic E-state index is 12.1. The second-order valence-corrected chi connectivity index (χ2v) is 6.28. The molecule has 0 saturated carbocycles. The van der Waals surface area contributed by atoms with E-state index in [2.05, 4.69) is 0 Å². The van der Waals surface area contributed by atoms with E-state index in [-0.39, 0.29) is 12.5 Å². The number of likely N-dealkylation sites (tertiary alicyclic amines) is 1. The van der Waals surface area contributed by atoms with Gasteiger partial charge in [-0.3, -0.25) is 9.59 Å². The molecule has 0 aliphatic carbocycles. The summed E-state index contributed by atoms with van der Waals surface area (Å²) in [7, 11) is 0. The number of carbonyl (C=O) groups excluding carboxylic acids is 2. The maximum Gasteiger partial charge on any atom is 0.255 e. The number of carbonyl (C=O) groups is 2. The Morgan fingerprint density at radius 2 is 2.00 bits per heavy atom. The van der Waals surface area contributed by atoms with Crippen LogP contribution in [0.5, 0.6) is 5.75 Å². The maximum atomic E-state index is 12.1. The van der Waals surface area contributed by atoms with Crippen LogP contribution in [0.3, 0.4) is 0 Å². The topological polar surface area (TPSA) is 81.9 Å². The van der Waals surface area contributed by atoms with Gasteiger partial charge in [-0.25, -0.2) is 0 Å². The molecule has 2 N–H and O–H groups in total. The highest BCUT2D eigenvalue weighted by Crippen LogP contribution is 2.30. The summed E-state index contributed by atoms with van der Waals surface area (Å²) in [5.74, 6) is 1.31. The SMILES string of the molecule is NC(=O)COc1ccc(/C=C/C(=O)N2CC(C3CCOC3)C2)cc1. The molecule has 3 rings (SSSR count). The van der Waals surface area contributed by atoms with Crippen molar-refractivity contribution in [2.45, 2.75) is 6.42 Å². The lowest BCUT2D eigenvalue weighted by Crippen LogP contribution is -2.52. The molecule has 1 aromatic carbocycles. The van der Waals surface area contributed by atoms with Gasteiger partial charge in [0.15, 0.2) is 6.61 Å². The van der Waals surface area contributed by atoms with Crippen LogP contribution >= 0.6 is 0 Å². The predicted octanol–water partition coefficient (Wildman–Crippen LogP) is 1.06. The molecule has 0 spiro atoms. The summed E-state index contributed by atoms with van der Waals surface area (Å²) < 4.78 is 10.6. The zero-order chi connectivity index (χ0) is 16.9. The van der Waals surface area contributed by atoms with Crippen LogP contribution in [-0.2, 0) is 14.3 Å². The lowest BCUT2D eigenvalue weighted by molar-refractivity contribution is -0.133. The van der Waals surface area contributed by atoms with Gasteiger partial charge in [-0.2, -0.15) is 0 Å². The number of nitrogens with zero attached hydrogens (tertiary/aromatic N) is 1. The van der Waals surface area contributed by atoms with Crippen LogP contribution in [0.2, 0.25) is 0 Å². The van der Waals surface area contributed by atoms with Crippen LogP contribution in [0.4, 0.5) is 0 Å². The van der Waals surface area contributed by atoms with E-state index in [0.29, 0.717) is 17.6 Å². The Balaban J connectivity index is 1.45. The van der Waals surface area contributed by atoms with Crippen LogP contribution in [0.15, 0.2) is 30.3 Å². The molecule has 0 bridgehead atoms. The lowest BCUT2D eigenvalue weighted by atomic mass is 9.85. The third-order valence-electron chi connectivity index (χ3n) is 4.53. The standard InChI is InChI=1S/C18H22N2O4/c19-17(21)12-24-16-4-1-13(2-5-16)3-6-18(22)20-9-15(10-20)14-7-8-23-11-14/h1-6,14-15H,7-12H2,(H2,19,21)/b6-3+. The van der Waals surface area contributed by atoms with Gasteiger partial charge in [0, 0.05) is 32.4 Å². The Labute approximate surface area is 141 Å². The van der Waals surface area contributed by atoms with Crippen molar-refractivity contribution in [3.63, 3.8) is 0 Å². The molecule has 2 heterocycles. The average molecular weight is 330 g/mol. The molecule has 2 fully saturated rings. The third-order valence-corrected chi connectivity index (χ3v) is 4.53. The minimum Gasteiger partial charge on any atom is -0.484 e. The minimum absolute atomic E-state index is 0.0409. The van der Waals surface area contributed by atoms with E-state index in [4.69, 9.17) is 15.2 Å². The van der Waals surface area contributed by atoms with Gasteiger partial charge in [0.05, 0.1) is 0 Å². The normalized spacial score (nSPS) is 21.0. The Kier molecular flexibility index (Phi) is 5.15. The molecule has 6 nitrogen and oxygen atoms in total. The van der Waals surface area contributed by atoms with Crippen molar-refractivity contribution in [2.75, 3.05) is 32.9 Å². The molecule has 0 radical (unpaired) electrons. The highest BCUT2D eigenvalue weighted by Gasteiger charge is 2.36. The molecule has 2 aliphatic rings. The smallest absolute Gasteiger partial charge is 0.255 e. The largest absolute Gasteiger partial charge is 0.484 e. The Morgan fingerprint density at radius 1 is 1.25 bits per heavy atom. The fraction of sp³-hybridized carbons (Fsp3) is 0.444. The summed E-state index contributed by atoms with van der Waals surface area (Å²) in [5, 5.41) is 0. The van der Waals surface area contributed by atoms with Gasteiger partial charge in [0.25, 0.3) is 5.91 Å². The average Bonchev–Trinajstić information content (AvgIpc) is 3.04. The van der Waals surface area contributed by atoms with E-state index in [0.717, 1.165) is 38.3 Å². The van der Waals surface area contributed by atoms with Gasteiger partial charge in [-0.05, 0) is 42.0 Å². The molecule has 0 aromatic heterocycles. The molecule has 24 heavy (non-hydrogen) atoms. The summed E-state index contributed by atoms with van der Waals surface area (Å²) in [6.07, 6.45) is 4.50. The monoisotopic (exact) mass is 330 g/mol. The van der Waals surface area contributed by atoms with Crippen molar-refractivity contribution in [3.8, 4) is 5.75 Å². The molecule has 6 heteroatoms. The zero-order valence-electron chi connectivity index (χ0n) is 13.5. The van der Waals surface area contributed by atoms with Crippen LogP contribution in [0.25, 0.3) is 6.08 Å². The van der Waals surface area contributed by atoms with Crippen LogP contribution in [0, 0.1) is 11.8 Å². The zero-order valence-corrected chi connectivity index (χ0v) is 13.5.